The van der Waals surface area contributed by atoms with Gasteiger partial charge in [-0.05, 0) is 38.3 Å². The molecule has 6 nitrogen and oxygen atoms in total. The predicted octanol–water partition coefficient (Wildman–Crippen LogP) is 1.49. The van der Waals surface area contributed by atoms with Crippen LogP contribution >= 0.6 is 0 Å². The van der Waals surface area contributed by atoms with Crippen molar-refractivity contribution in [3.63, 3.8) is 0 Å². The molecule has 1 aromatic heterocycles. The van der Waals surface area contributed by atoms with Gasteiger partial charge < -0.3 is 20.1 Å². The van der Waals surface area contributed by atoms with Crippen molar-refractivity contribution >= 4 is 5.91 Å². The van der Waals surface area contributed by atoms with E-state index in [4.69, 9.17) is 9.47 Å². The smallest absolute Gasteiger partial charge is 0.237 e. The highest BCUT2D eigenvalue weighted by molar-refractivity contribution is 5.82. The minimum absolute atomic E-state index is 0.0546. The van der Waals surface area contributed by atoms with Crippen LogP contribution in [0.3, 0.4) is 0 Å². The molecule has 132 valence electrons. The van der Waals surface area contributed by atoms with E-state index < -0.39 is 0 Å². The lowest BCUT2D eigenvalue weighted by atomic mass is 9.95. The molecular weight excluding hydrogens is 313 g/mol. The minimum atomic E-state index is -0.342. The molecule has 0 spiro atoms. The molecular formula is C17H24FN3O3. The van der Waals surface area contributed by atoms with Crippen molar-refractivity contribution in [1.29, 1.82) is 0 Å². The van der Waals surface area contributed by atoms with Crippen LogP contribution < -0.4 is 15.4 Å². The van der Waals surface area contributed by atoms with Crippen LogP contribution in [-0.2, 0) is 16.1 Å². The maximum Gasteiger partial charge on any atom is 0.237 e. The topological polar surface area (TPSA) is 72.5 Å². The number of rotatable bonds is 5. The number of methoxy groups -OCH3 is 1. The third kappa shape index (κ3) is 3.84. The highest BCUT2D eigenvalue weighted by atomic mass is 19.1. The van der Waals surface area contributed by atoms with Gasteiger partial charge in [-0.2, -0.15) is 0 Å². The van der Waals surface area contributed by atoms with Gasteiger partial charge in [-0.1, -0.05) is 0 Å². The second-order valence-corrected chi connectivity index (χ2v) is 6.28. The van der Waals surface area contributed by atoms with Crippen LogP contribution in [0.2, 0.25) is 0 Å². The first-order valence-electron chi connectivity index (χ1n) is 8.51. The Morgan fingerprint density at radius 2 is 2.25 bits per heavy atom. The number of hydrogen-bond acceptors (Lipinski definition) is 5. The van der Waals surface area contributed by atoms with E-state index in [1.807, 2.05) is 0 Å². The molecule has 1 amide bonds. The summed E-state index contributed by atoms with van der Waals surface area (Å²) in [6.07, 6.45) is 3.35. The van der Waals surface area contributed by atoms with Crippen molar-refractivity contribution in [1.82, 2.24) is 15.6 Å². The van der Waals surface area contributed by atoms with Crippen molar-refractivity contribution in [2.24, 2.45) is 0 Å². The highest BCUT2D eigenvalue weighted by Crippen LogP contribution is 2.30. The molecule has 3 rings (SSSR count). The molecule has 0 unspecified atom stereocenters. The summed E-state index contributed by atoms with van der Waals surface area (Å²) in [5.74, 6) is 0.0194. The van der Waals surface area contributed by atoms with Crippen molar-refractivity contribution in [3.05, 3.63) is 23.1 Å². The Labute approximate surface area is 141 Å². The van der Waals surface area contributed by atoms with E-state index in [1.54, 1.807) is 0 Å². The standard InChI is InChI=1S/C17H24FN3O3/c1-23-17-12(10-20-16(22)14-3-2-6-19-14)9-13(18)15(21-17)11-4-7-24-8-5-11/h9,11,14,19H,2-8,10H2,1H3,(H,20,22)/t14-/m0/s1. The number of nitrogens with zero attached hydrogens (tertiary/aromatic N) is 1. The number of halogens is 1. The summed E-state index contributed by atoms with van der Waals surface area (Å²) in [5.41, 5.74) is 0.986. The molecule has 7 heteroatoms. The lowest BCUT2D eigenvalue weighted by Gasteiger charge is -2.23. The van der Waals surface area contributed by atoms with Crippen LogP contribution in [0.15, 0.2) is 6.07 Å². The van der Waals surface area contributed by atoms with Crippen LogP contribution in [0, 0.1) is 5.82 Å². The Morgan fingerprint density at radius 1 is 1.46 bits per heavy atom. The summed E-state index contributed by atoms with van der Waals surface area (Å²) in [4.78, 5) is 16.4. The van der Waals surface area contributed by atoms with Gasteiger partial charge in [0, 0.05) is 31.2 Å². The molecule has 1 atom stereocenters. The fourth-order valence-electron chi connectivity index (χ4n) is 3.30. The largest absolute Gasteiger partial charge is 0.481 e. The highest BCUT2D eigenvalue weighted by Gasteiger charge is 2.25. The lowest BCUT2D eigenvalue weighted by Crippen LogP contribution is -2.40. The Morgan fingerprint density at radius 3 is 2.92 bits per heavy atom. The van der Waals surface area contributed by atoms with Crippen LogP contribution in [0.5, 0.6) is 5.88 Å². The van der Waals surface area contributed by atoms with E-state index >= 15 is 0 Å². The van der Waals surface area contributed by atoms with Gasteiger partial charge in [0.1, 0.15) is 5.82 Å². The van der Waals surface area contributed by atoms with Gasteiger partial charge in [0.15, 0.2) is 0 Å². The summed E-state index contributed by atoms with van der Waals surface area (Å²) in [6, 6.07) is 1.27. The van der Waals surface area contributed by atoms with E-state index in [0.717, 1.165) is 32.2 Å². The van der Waals surface area contributed by atoms with E-state index in [9.17, 15) is 9.18 Å². The average molecular weight is 337 g/mol. The first-order chi connectivity index (χ1) is 11.7. The van der Waals surface area contributed by atoms with Crippen LogP contribution in [0.1, 0.15) is 42.9 Å². The van der Waals surface area contributed by atoms with E-state index in [2.05, 4.69) is 15.6 Å². The Hall–Kier alpha value is -1.73. The van der Waals surface area contributed by atoms with Crippen molar-refractivity contribution in [2.45, 2.75) is 44.2 Å². The van der Waals surface area contributed by atoms with E-state index in [-0.39, 0.29) is 30.2 Å². The summed E-state index contributed by atoms with van der Waals surface area (Å²) >= 11 is 0. The summed E-state index contributed by atoms with van der Waals surface area (Å²) in [5, 5.41) is 5.97. The Kier molecular flexibility index (Phi) is 5.63. The SMILES string of the molecule is COc1nc(C2CCOCC2)c(F)cc1CNC(=O)[C@@H]1CCCN1. The third-order valence-electron chi connectivity index (χ3n) is 4.67. The second-order valence-electron chi connectivity index (χ2n) is 6.28. The quantitative estimate of drug-likeness (QED) is 0.852. The first-order valence-corrected chi connectivity index (χ1v) is 8.51. The number of hydrogen-bond donors (Lipinski definition) is 2. The lowest BCUT2D eigenvalue weighted by molar-refractivity contribution is -0.122. The second kappa shape index (κ2) is 7.90. The number of nitrogens with one attached hydrogen (secondary N) is 2. The van der Waals surface area contributed by atoms with Crippen LogP contribution in [0.4, 0.5) is 4.39 Å². The molecule has 2 fully saturated rings. The molecule has 1 aromatic rings. The van der Waals surface area contributed by atoms with Gasteiger partial charge in [-0.15, -0.1) is 0 Å². The van der Waals surface area contributed by atoms with Crippen molar-refractivity contribution < 1.29 is 18.7 Å². The van der Waals surface area contributed by atoms with Crippen molar-refractivity contribution in [2.75, 3.05) is 26.9 Å². The summed E-state index contributed by atoms with van der Waals surface area (Å²) < 4.78 is 25.1. The van der Waals surface area contributed by atoms with Gasteiger partial charge in [0.25, 0.3) is 0 Å². The molecule has 2 aliphatic rings. The van der Waals surface area contributed by atoms with Gasteiger partial charge in [-0.25, -0.2) is 9.37 Å². The number of carbonyl (C=O) groups excluding carboxylic acids is 1. The minimum Gasteiger partial charge on any atom is -0.481 e. The maximum atomic E-state index is 14.5. The number of amides is 1. The number of pyridine rings is 1. The molecule has 0 radical (unpaired) electrons. The molecule has 2 saturated heterocycles. The molecule has 0 bridgehead atoms. The van der Waals surface area contributed by atoms with E-state index in [0.29, 0.717) is 30.4 Å². The van der Waals surface area contributed by atoms with E-state index in [1.165, 1.54) is 13.2 Å². The molecule has 2 N–H and O–H groups in total. The van der Waals surface area contributed by atoms with Gasteiger partial charge in [0.05, 0.1) is 18.8 Å². The van der Waals surface area contributed by atoms with Gasteiger partial charge in [-0.3, -0.25) is 4.79 Å². The molecule has 3 heterocycles. The summed E-state index contributed by atoms with van der Waals surface area (Å²) in [6.45, 7) is 2.32. The molecule has 0 aromatic carbocycles. The van der Waals surface area contributed by atoms with Gasteiger partial charge in [0.2, 0.25) is 11.8 Å². The first kappa shape index (κ1) is 17.1. The predicted molar refractivity (Wildman–Crippen MR) is 86.4 cm³/mol. The third-order valence-corrected chi connectivity index (χ3v) is 4.67. The summed E-state index contributed by atoms with van der Waals surface area (Å²) in [7, 11) is 1.51. The average Bonchev–Trinajstić information content (AvgIpc) is 3.15. The normalized spacial score (nSPS) is 21.7. The number of carbonyl (C=O) groups is 1. The zero-order valence-electron chi connectivity index (χ0n) is 13.9. The number of ether oxygens (including phenoxy) is 2. The Balaban J connectivity index is 1.70. The molecule has 24 heavy (non-hydrogen) atoms. The number of aromatic nitrogens is 1. The molecule has 0 saturated carbocycles. The zero-order chi connectivity index (χ0) is 16.9. The fraction of sp³-hybridized carbons (Fsp3) is 0.647. The maximum absolute atomic E-state index is 14.5. The van der Waals surface area contributed by atoms with Gasteiger partial charge >= 0.3 is 0 Å². The zero-order valence-corrected chi connectivity index (χ0v) is 13.9. The van der Waals surface area contributed by atoms with Crippen LogP contribution in [-0.4, -0.2) is 43.8 Å². The monoisotopic (exact) mass is 337 g/mol. The van der Waals surface area contributed by atoms with Crippen LogP contribution in [0.25, 0.3) is 0 Å². The molecule has 0 aliphatic carbocycles. The Bertz CT molecular complexity index is 585. The van der Waals surface area contributed by atoms with Crippen molar-refractivity contribution in [3.8, 4) is 5.88 Å². The molecule has 2 aliphatic heterocycles. The fourth-order valence-corrected chi connectivity index (χ4v) is 3.30.